The van der Waals surface area contributed by atoms with E-state index in [9.17, 15) is 14.7 Å². The molecule has 4 rings (SSSR count). The number of ether oxygens (including phenoxy) is 3. The van der Waals surface area contributed by atoms with Crippen molar-refractivity contribution in [2.24, 2.45) is 11.8 Å². The number of hydrogen-bond acceptors (Lipinski definition) is 8. The molecule has 184 valence electrons. The van der Waals surface area contributed by atoms with Crippen molar-refractivity contribution in [3.05, 3.63) is 23.5 Å². The number of aromatic nitrogens is 4. The quantitative estimate of drug-likeness (QED) is 0.533. The summed E-state index contributed by atoms with van der Waals surface area (Å²) < 4.78 is 16.9. The molecule has 0 aromatic carbocycles. The van der Waals surface area contributed by atoms with E-state index in [0.717, 1.165) is 25.7 Å². The van der Waals surface area contributed by atoms with E-state index in [4.69, 9.17) is 14.2 Å². The molecule has 2 aliphatic carbocycles. The number of carbonyl (C=O) groups is 2. The van der Waals surface area contributed by atoms with E-state index in [1.54, 1.807) is 31.2 Å². The van der Waals surface area contributed by atoms with Crippen molar-refractivity contribution >= 4 is 12.1 Å². The van der Waals surface area contributed by atoms with Gasteiger partial charge in [-0.15, -0.1) is 0 Å². The van der Waals surface area contributed by atoms with Crippen LogP contribution < -0.4 is 4.74 Å². The number of carboxylic acids is 1. The van der Waals surface area contributed by atoms with Gasteiger partial charge in [-0.3, -0.25) is 4.79 Å². The molecule has 0 bridgehead atoms. The highest BCUT2D eigenvalue weighted by molar-refractivity contribution is 5.70. The lowest BCUT2D eigenvalue weighted by Gasteiger charge is -2.28. The first-order valence-electron chi connectivity index (χ1n) is 11.6. The number of nitrogens with zero attached hydrogens (tertiary/aromatic N) is 4. The summed E-state index contributed by atoms with van der Waals surface area (Å²) in [6, 6.07) is 3.54. The second kappa shape index (κ2) is 10.8. The maximum Gasteiger partial charge on any atom is 0.409 e. The zero-order valence-corrected chi connectivity index (χ0v) is 19.5. The predicted molar refractivity (Wildman–Crippen MR) is 120 cm³/mol. The molecule has 0 radical (unpaired) electrons. The van der Waals surface area contributed by atoms with Gasteiger partial charge in [-0.2, -0.15) is 15.4 Å². The van der Waals surface area contributed by atoms with Gasteiger partial charge >= 0.3 is 12.1 Å². The molecule has 34 heavy (non-hydrogen) atoms. The van der Waals surface area contributed by atoms with Gasteiger partial charge in [0, 0.05) is 20.7 Å². The third-order valence-electron chi connectivity index (χ3n) is 6.22. The van der Waals surface area contributed by atoms with Gasteiger partial charge in [-0.25, -0.2) is 9.78 Å². The minimum absolute atomic E-state index is 0.0299. The van der Waals surface area contributed by atoms with Crippen LogP contribution in [0.25, 0.3) is 11.4 Å². The SMILES string of the molecule is COCc1nc(-c2n[nH]nc2COC(=O)N(C)CC2CC2)ccc1O[C@H]1CCC[C@H](C(=O)O)C1. The minimum atomic E-state index is -0.781. The summed E-state index contributed by atoms with van der Waals surface area (Å²) in [7, 11) is 3.30. The van der Waals surface area contributed by atoms with Gasteiger partial charge in [0.05, 0.1) is 24.3 Å². The summed E-state index contributed by atoms with van der Waals surface area (Å²) in [5, 5.41) is 20.2. The largest absolute Gasteiger partial charge is 0.488 e. The molecule has 2 aromatic heterocycles. The van der Waals surface area contributed by atoms with Crippen LogP contribution in [0.3, 0.4) is 0 Å². The summed E-state index contributed by atoms with van der Waals surface area (Å²) >= 11 is 0. The zero-order valence-electron chi connectivity index (χ0n) is 19.5. The Balaban J connectivity index is 1.44. The molecule has 0 unspecified atom stereocenters. The molecule has 11 heteroatoms. The van der Waals surface area contributed by atoms with Gasteiger partial charge in [-0.1, -0.05) is 0 Å². The van der Waals surface area contributed by atoms with E-state index in [2.05, 4.69) is 20.4 Å². The number of H-pyrrole nitrogens is 1. The lowest BCUT2D eigenvalue weighted by atomic mass is 9.87. The average molecular weight is 474 g/mol. The summed E-state index contributed by atoms with van der Waals surface area (Å²) in [4.78, 5) is 29.9. The van der Waals surface area contributed by atoms with Gasteiger partial charge in [0.25, 0.3) is 0 Å². The smallest absolute Gasteiger partial charge is 0.409 e. The van der Waals surface area contributed by atoms with Crippen LogP contribution in [0.1, 0.15) is 49.9 Å². The van der Waals surface area contributed by atoms with E-state index in [1.165, 1.54) is 0 Å². The molecule has 1 amide bonds. The Morgan fingerprint density at radius 2 is 1.97 bits per heavy atom. The summed E-state index contributed by atoms with van der Waals surface area (Å²) in [5.41, 5.74) is 2.06. The van der Waals surface area contributed by atoms with Gasteiger partial charge in [-0.05, 0) is 56.6 Å². The van der Waals surface area contributed by atoms with Crippen molar-refractivity contribution in [2.45, 2.75) is 57.8 Å². The number of carboxylic acid groups (broad SMARTS) is 1. The number of hydrogen-bond donors (Lipinski definition) is 2. The monoisotopic (exact) mass is 473 g/mol. The highest BCUT2D eigenvalue weighted by atomic mass is 16.6. The summed E-state index contributed by atoms with van der Waals surface area (Å²) in [6.07, 6.45) is 4.47. The third-order valence-corrected chi connectivity index (χ3v) is 6.22. The van der Waals surface area contributed by atoms with Crippen LogP contribution in [0.15, 0.2) is 12.1 Å². The number of pyridine rings is 1. The van der Waals surface area contributed by atoms with Crippen LogP contribution in [0, 0.1) is 11.8 Å². The highest BCUT2D eigenvalue weighted by Crippen LogP contribution is 2.31. The van der Waals surface area contributed by atoms with Crippen molar-refractivity contribution in [2.75, 3.05) is 20.7 Å². The zero-order chi connectivity index (χ0) is 24.1. The van der Waals surface area contributed by atoms with E-state index < -0.39 is 12.1 Å². The molecule has 0 saturated heterocycles. The van der Waals surface area contributed by atoms with Crippen LogP contribution in [0.5, 0.6) is 5.75 Å². The number of amides is 1. The molecule has 0 spiro atoms. The Bertz CT molecular complexity index is 1010. The molecule has 2 aromatic rings. The first-order chi connectivity index (χ1) is 16.4. The van der Waals surface area contributed by atoms with Crippen molar-refractivity contribution in [1.29, 1.82) is 0 Å². The number of aromatic amines is 1. The van der Waals surface area contributed by atoms with Crippen molar-refractivity contribution < 1.29 is 28.9 Å². The topological polar surface area (TPSA) is 140 Å². The lowest BCUT2D eigenvalue weighted by Crippen LogP contribution is -2.29. The Kier molecular flexibility index (Phi) is 7.61. The second-order valence-electron chi connectivity index (χ2n) is 9.01. The van der Waals surface area contributed by atoms with Gasteiger partial charge in [0.2, 0.25) is 0 Å². The molecule has 0 aliphatic heterocycles. The van der Waals surface area contributed by atoms with Gasteiger partial charge in [0.15, 0.2) is 0 Å². The molecular formula is C23H31N5O6. The Hall–Kier alpha value is -3.21. The average Bonchev–Trinajstić information content (AvgIpc) is 3.52. The molecule has 2 fully saturated rings. The van der Waals surface area contributed by atoms with Crippen LogP contribution in [-0.4, -0.2) is 69.3 Å². The van der Waals surface area contributed by atoms with Crippen LogP contribution in [0.4, 0.5) is 4.79 Å². The molecular weight excluding hydrogens is 442 g/mol. The first kappa shape index (κ1) is 23.9. The predicted octanol–water partition coefficient (Wildman–Crippen LogP) is 3.01. The van der Waals surface area contributed by atoms with Crippen molar-refractivity contribution in [3.8, 4) is 17.1 Å². The summed E-state index contributed by atoms with van der Waals surface area (Å²) in [5.74, 6) is -0.0369. The van der Waals surface area contributed by atoms with Crippen LogP contribution in [-0.2, 0) is 27.5 Å². The first-order valence-corrected chi connectivity index (χ1v) is 11.6. The van der Waals surface area contributed by atoms with Crippen molar-refractivity contribution in [1.82, 2.24) is 25.3 Å². The second-order valence-corrected chi connectivity index (χ2v) is 9.01. The van der Waals surface area contributed by atoms with Crippen LogP contribution >= 0.6 is 0 Å². The van der Waals surface area contributed by atoms with Gasteiger partial charge < -0.3 is 24.2 Å². The van der Waals surface area contributed by atoms with E-state index >= 15 is 0 Å². The maximum atomic E-state index is 12.2. The molecule has 2 atom stereocenters. The van der Waals surface area contributed by atoms with E-state index in [1.807, 2.05) is 0 Å². The van der Waals surface area contributed by atoms with Gasteiger partial charge in [0.1, 0.15) is 29.4 Å². The van der Waals surface area contributed by atoms with Crippen LogP contribution in [0.2, 0.25) is 0 Å². The number of methoxy groups -OCH3 is 1. The Labute approximate surface area is 197 Å². The normalized spacial score (nSPS) is 20.1. The third kappa shape index (κ3) is 6.02. The summed E-state index contributed by atoms with van der Waals surface area (Å²) in [6.45, 7) is 0.881. The minimum Gasteiger partial charge on any atom is -0.488 e. The Morgan fingerprint density at radius 3 is 2.71 bits per heavy atom. The molecule has 2 heterocycles. The number of aliphatic carboxylic acids is 1. The van der Waals surface area contributed by atoms with E-state index in [-0.39, 0.29) is 25.2 Å². The highest BCUT2D eigenvalue weighted by Gasteiger charge is 2.29. The fraction of sp³-hybridized carbons (Fsp3) is 0.609. The molecule has 2 aliphatic rings. The fourth-order valence-corrected chi connectivity index (χ4v) is 4.18. The van der Waals surface area contributed by atoms with Crippen molar-refractivity contribution in [3.63, 3.8) is 0 Å². The maximum absolute atomic E-state index is 12.2. The molecule has 11 nitrogen and oxygen atoms in total. The number of rotatable bonds is 10. The molecule has 2 N–H and O–H groups in total. The fourth-order valence-electron chi connectivity index (χ4n) is 4.18. The number of carbonyl (C=O) groups excluding carboxylic acids is 1. The standard InChI is InChI=1S/C23H31N5O6/c1-28(11-14-6-7-14)23(31)33-13-19-21(26-27-25-19)17-8-9-20(18(24-17)12-32-2)34-16-5-3-4-15(10-16)22(29)30/h8-9,14-16H,3-7,10-13H2,1-2H3,(H,29,30)(H,25,26,27)/t15-,16-/m0/s1. The van der Waals surface area contributed by atoms with E-state index in [0.29, 0.717) is 53.8 Å². The molecule has 2 saturated carbocycles. The number of nitrogens with one attached hydrogen (secondary N) is 1. The lowest BCUT2D eigenvalue weighted by molar-refractivity contribution is -0.143. The Morgan fingerprint density at radius 1 is 1.15 bits per heavy atom.